The minimum absolute atomic E-state index is 0.347. The van der Waals surface area contributed by atoms with E-state index in [1.54, 1.807) is 0 Å². The van der Waals surface area contributed by atoms with Crippen LogP contribution in [0.4, 0.5) is 0 Å². The summed E-state index contributed by atoms with van der Waals surface area (Å²) >= 11 is 0. The molecule has 1 unspecified atom stereocenters. The molecule has 0 saturated carbocycles. The average molecular weight is 262 g/mol. The lowest BCUT2D eigenvalue weighted by atomic mass is 10.0. The van der Waals surface area contributed by atoms with Gasteiger partial charge in [-0.05, 0) is 50.0 Å². The van der Waals surface area contributed by atoms with Crippen molar-refractivity contribution in [1.82, 2.24) is 10.6 Å². The molecule has 1 fully saturated rings. The minimum atomic E-state index is 0.347. The highest BCUT2D eigenvalue weighted by Crippen LogP contribution is 2.32. The molecule has 0 aromatic heterocycles. The van der Waals surface area contributed by atoms with Gasteiger partial charge in [0.25, 0.3) is 0 Å². The monoisotopic (exact) mass is 262 g/mol. The van der Waals surface area contributed by atoms with Crippen LogP contribution in [-0.4, -0.2) is 25.9 Å². The molecular weight excluding hydrogens is 240 g/mol. The van der Waals surface area contributed by atoms with Crippen LogP contribution in [-0.2, 0) is 6.54 Å². The Kier molecular flexibility index (Phi) is 4.20. The van der Waals surface area contributed by atoms with E-state index in [-0.39, 0.29) is 0 Å². The number of nitrogens with one attached hydrogen (secondary N) is 2. The first-order chi connectivity index (χ1) is 9.42. The maximum absolute atomic E-state index is 5.38. The Labute approximate surface area is 114 Å². The second-order valence-electron chi connectivity index (χ2n) is 5.30. The van der Waals surface area contributed by atoms with Crippen molar-refractivity contribution in [3.05, 3.63) is 23.8 Å². The lowest BCUT2D eigenvalue weighted by Crippen LogP contribution is -2.36. The van der Waals surface area contributed by atoms with Crippen LogP contribution < -0.4 is 20.1 Å². The molecule has 2 N–H and O–H groups in total. The predicted octanol–water partition coefficient (Wildman–Crippen LogP) is 2.04. The van der Waals surface area contributed by atoms with Crippen LogP contribution in [0.15, 0.2) is 18.2 Å². The van der Waals surface area contributed by atoms with Gasteiger partial charge in [-0.1, -0.05) is 12.5 Å². The normalized spacial score (nSPS) is 21.6. The molecule has 104 valence electrons. The Bertz CT molecular complexity index is 417. The zero-order valence-electron chi connectivity index (χ0n) is 11.3. The van der Waals surface area contributed by atoms with Crippen molar-refractivity contribution in [1.29, 1.82) is 0 Å². The highest BCUT2D eigenvalue weighted by Gasteiger charge is 2.13. The summed E-state index contributed by atoms with van der Waals surface area (Å²) < 4.78 is 10.7. The molecule has 1 aromatic carbocycles. The smallest absolute Gasteiger partial charge is 0.231 e. The van der Waals surface area contributed by atoms with Crippen molar-refractivity contribution in [2.75, 3.05) is 19.9 Å². The lowest BCUT2D eigenvalue weighted by molar-refractivity contribution is 0.174. The van der Waals surface area contributed by atoms with Crippen LogP contribution in [0.2, 0.25) is 0 Å². The number of ether oxygens (including phenoxy) is 2. The van der Waals surface area contributed by atoms with Gasteiger partial charge in [-0.3, -0.25) is 0 Å². The van der Waals surface area contributed by atoms with Crippen molar-refractivity contribution in [3.63, 3.8) is 0 Å². The molecule has 1 aromatic rings. The van der Waals surface area contributed by atoms with Crippen molar-refractivity contribution in [2.24, 2.45) is 0 Å². The van der Waals surface area contributed by atoms with Crippen LogP contribution in [0, 0.1) is 0 Å². The van der Waals surface area contributed by atoms with E-state index < -0.39 is 0 Å². The standard InChI is InChI=1S/C15H22N2O2/c1-2-7-17-13(3-1)6-8-16-10-12-4-5-14-15(9-12)19-11-18-14/h4-5,9,13,16-17H,1-3,6-8,10-11H2. The second kappa shape index (κ2) is 6.26. The Morgan fingerprint density at radius 2 is 2.16 bits per heavy atom. The van der Waals surface area contributed by atoms with Crippen LogP contribution in [0.5, 0.6) is 11.5 Å². The molecule has 1 saturated heterocycles. The summed E-state index contributed by atoms with van der Waals surface area (Å²) in [6.45, 7) is 3.49. The van der Waals surface area contributed by atoms with Gasteiger partial charge < -0.3 is 20.1 Å². The maximum atomic E-state index is 5.38. The molecule has 0 aliphatic carbocycles. The minimum Gasteiger partial charge on any atom is -0.454 e. The summed E-state index contributed by atoms with van der Waals surface area (Å²) in [5, 5.41) is 7.08. The summed E-state index contributed by atoms with van der Waals surface area (Å²) in [6, 6.07) is 6.85. The number of benzene rings is 1. The van der Waals surface area contributed by atoms with E-state index in [9.17, 15) is 0 Å². The van der Waals surface area contributed by atoms with E-state index in [1.807, 2.05) is 6.07 Å². The molecular formula is C15H22N2O2. The van der Waals surface area contributed by atoms with E-state index in [0.717, 1.165) is 24.6 Å². The zero-order valence-corrected chi connectivity index (χ0v) is 11.3. The fraction of sp³-hybridized carbons (Fsp3) is 0.600. The Morgan fingerprint density at radius 3 is 3.05 bits per heavy atom. The Morgan fingerprint density at radius 1 is 1.21 bits per heavy atom. The van der Waals surface area contributed by atoms with Gasteiger partial charge in [-0.2, -0.15) is 0 Å². The molecule has 0 spiro atoms. The van der Waals surface area contributed by atoms with Gasteiger partial charge in [-0.25, -0.2) is 0 Å². The lowest BCUT2D eigenvalue weighted by Gasteiger charge is -2.23. The van der Waals surface area contributed by atoms with Crippen molar-refractivity contribution in [2.45, 2.75) is 38.3 Å². The maximum Gasteiger partial charge on any atom is 0.231 e. The number of fused-ring (bicyclic) bond motifs is 1. The van der Waals surface area contributed by atoms with Gasteiger partial charge in [-0.15, -0.1) is 0 Å². The van der Waals surface area contributed by atoms with Crippen LogP contribution in [0.25, 0.3) is 0 Å². The third-order valence-electron chi connectivity index (χ3n) is 3.85. The molecule has 1 atom stereocenters. The summed E-state index contributed by atoms with van der Waals surface area (Å²) in [5.74, 6) is 1.73. The zero-order chi connectivity index (χ0) is 12.9. The largest absolute Gasteiger partial charge is 0.454 e. The topological polar surface area (TPSA) is 42.5 Å². The number of piperidine rings is 1. The average Bonchev–Trinajstić information content (AvgIpc) is 2.92. The van der Waals surface area contributed by atoms with Gasteiger partial charge in [0.15, 0.2) is 11.5 Å². The first-order valence-electron chi connectivity index (χ1n) is 7.24. The second-order valence-corrected chi connectivity index (χ2v) is 5.30. The van der Waals surface area contributed by atoms with Gasteiger partial charge >= 0.3 is 0 Å². The molecule has 2 heterocycles. The van der Waals surface area contributed by atoms with Crippen molar-refractivity contribution >= 4 is 0 Å². The quantitative estimate of drug-likeness (QED) is 0.797. The summed E-state index contributed by atoms with van der Waals surface area (Å²) in [4.78, 5) is 0. The molecule has 0 amide bonds. The van der Waals surface area contributed by atoms with Crippen LogP contribution in [0.3, 0.4) is 0 Å². The number of hydrogen-bond acceptors (Lipinski definition) is 4. The molecule has 2 aliphatic rings. The van der Waals surface area contributed by atoms with Gasteiger partial charge in [0.2, 0.25) is 6.79 Å². The van der Waals surface area contributed by atoms with Gasteiger partial charge in [0, 0.05) is 12.6 Å². The highest BCUT2D eigenvalue weighted by atomic mass is 16.7. The number of rotatable bonds is 5. The molecule has 0 radical (unpaired) electrons. The fourth-order valence-corrected chi connectivity index (χ4v) is 2.73. The van der Waals surface area contributed by atoms with E-state index in [2.05, 4.69) is 22.8 Å². The number of hydrogen-bond donors (Lipinski definition) is 2. The van der Waals surface area contributed by atoms with Gasteiger partial charge in [0.1, 0.15) is 0 Å². The molecule has 19 heavy (non-hydrogen) atoms. The van der Waals surface area contributed by atoms with E-state index in [0.29, 0.717) is 12.8 Å². The fourth-order valence-electron chi connectivity index (χ4n) is 2.73. The molecule has 4 nitrogen and oxygen atoms in total. The first-order valence-corrected chi connectivity index (χ1v) is 7.24. The molecule has 0 bridgehead atoms. The molecule has 3 rings (SSSR count). The van der Waals surface area contributed by atoms with E-state index >= 15 is 0 Å². The van der Waals surface area contributed by atoms with Crippen LogP contribution >= 0.6 is 0 Å². The SMILES string of the molecule is c1cc2c(cc1CNCCC1CCCCN1)OCO2. The Hall–Kier alpha value is -1.26. The van der Waals surface area contributed by atoms with Gasteiger partial charge in [0.05, 0.1) is 0 Å². The van der Waals surface area contributed by atoms with Crippen molar-refractivity contribution in [3.8, 4) is 11.5 Å². The summed E-state index contributed by atoms with van der Waals surface area (Å²) in [7, 11) is 0. The van der Waals surface area contributed by atoms with Crippen LogP contribution in [0.1, 0.15) is 31.2 Å². The molecule has 4 heteroatoms. The highest BCUT2D eigenvalue weighted by molar-refractivity contribution is 5.44. The summed E-state index contributed by atoms with van der Waals surface area (Å²) in [6.07, 6.45) is 5.25. The third-order valence-corrected chi connectivity index (χ3v) is 3.85. The third kappa shape index (κ3) is 3.39. The molecule has 2 aliphatic heterocycles. The first kappa shape index (κ1) is 12.8. The van der Waals surface area contributed by atoms with Crippen molar-refractivity contribution < 1.29 is 9.47 Å². The van der Waals surface area contributed by atoms with E-state index in [1.165, 1.54) is 37.8 Å². The predicted molar refractivity (Wildman–Crippen MR) is 74.5 cm³/mol. The van der Waals surface area contributed by atoms with E-state index in [4.69, 9.17) is 9.47 Å². The summed E-state index contributed by atoms with van der Waals surface area (Å²) in [5.41, 5.74) is 1.25. The Balaban J connectivity index is 1.40.